The maximum atomic E-state index is 12.8. The molecule has 0 aromatic rings. The molecule has 0 heterocycles. The first kappa shape index (κ1) is 62.4. The molecule has 0 N–H and O–H groups in total. The Kier molecular flexibility index (Phi) is 51.8. The lowest BCUT2D eigenvalue weighted by Crippen LogP contribution is -2.30. The fourth-order valence-corrected chi connectivity index (χ4v) is 8.03. The summed E-state index contributed by atoms with van der Waals surface area (Å²) in [6, 6.07) is 0. The van der Waals surface area contributed by atoms with Crippen LogP contribution in [0.4, 0.5) is 0 Å². The lowest BCUT2D eigenvalue weighted by Gasteiger charge is -2.18. The van der Waals surface area contributed by atoms with Crippen molar-refractivity contribution in [1.29, 1.82) is 0 Å². The van der Waals surface area contributed by atoms with Crippen molar-refractivity contribution in [3.05, 3.63) is 48.6 Å². The summed E-state index contributed by atoms with van der Waals surface area (Å²) in [5.74, 6) is -0.883. The molecule has 0 aliphatic heterocycles. The summed E-state index contributed by atoms with van der Waals surface area (Å²) in [5, 5.41) is 0. The average molecular weight is 911 g/mol. The molecule has 1 unspecified atom stereocenters. The Hall–Kier alpha value is -2.63. The Morgan fingerprint density at radius 2 is 0.554 bits per heavy atom. The molecule has 0 spiro atoms. The quantitative estimate of drug-likeness (QED) is 0.0262. The second-order valence-corrected chi connectivity index (χ2v) is 18.8. The third-order valence-electron chi connectivity index (χ3n) is 12.3. The number of carbonyl (C=O) groups is 3. The molecule has 0 bridgehead atoms. The van der Waals surface area contributed by atoms with Crippen LogP contribution in [0.2, 0.25) is 0 Å². The summed E-state index contributed by atoms with van der Waals surface area (Å²) < 4.78 is 16.8. The average Bonchev–Trinajstić information content (AvgIpc) is 3.30. The van der Waals surface area contributed by atoms with Crippen molar-refractivity contribution in [2.45, 2.75) is 297 Å². The zero-order valence-electron chi connectivity index (χ0n) is 43.3. The number of esters is 3. The SMILES string of the molecule is CCCCC/C=C\CCCCCCCC(=O)OC(COC(=O)CCCCCCCCCC/C=C\C/C=C\C/C=C\CCCCCCC)COC(=O)CCCCCCCCCCCCCC. The first-order chi connectivity index (χ1) is 32.0. The molecule has 378 valence electrons. The second kappa shape index (κ2) is 54.0. The molecule has 0 aromatic carbocycles. The van der Waals surface area contributed by atoms with Gasteiger partial charge in [-0.15, -0.1) is 0 Å². The number of carbonyl (C=O) groups excluding carboxylic acids is 3. The number of rotatable bonds is 51. The number of allylic oxidation sites excluding steroid dienone is 8. The maximum absolute atomic E-state index is 12.8. The molecule has 65 heavy (non-hydrogen) atoms. The summed E-state index contributed by atoms with van der Waals surface area (Å²) in [4.78, 5) is 38.0. The second-order valence-electron chi connectivity index (χ2n) is 18.8. The minimum absolute atomic E-state index is 0.0762. The zero-order valence-corrected chi connectivity index (χ0v) is 43.3. The smallest absolute Gasteiger partial charge is 0.306 e. The lowest BCUT2D eigenvalue weighted by molar-refractivity contribution is -0.167. The summed E-state index contributed by atoms with van der Waals surface area (Å²) >= 11 is 0. The van der Waals surface area contributed by atoms with E-state index >= 15 is 0 Å². The van der Waals surface area contributed by atoms with Crippen molar-refractivity contribution >= 4 is 17.9 Å². The van der Waals surface area contributed by atoms with Crippen LogP contribution in [-0.4, -0.2) is 37.2 Å². The standard InChI is InChI=1S/C59H106O6/c1-4-7-10-13-16-19-22-25-26-27-28-29-30-31-32-33-34-35-38-40-43-46-49-52-58(61)64-55-56(65-59(62)53-50-47-44-41-37-24-21-18-15-12-9-6-3)54-63-57(60)51-48-45-42-39-36-23-20-17-14-11-8-5-2/h18,21-22,25,27-28,30-31,56H,4-17,19-20,23-24,26,29,32-55H2,1-3H3/b21-18-,25-22-,28-27-,31-30-. The summed E-state index contributed by atoms with van der Waals surface area (Å²) in [6.07, 6.45) is 65.3. The van der Waals surface area contributed by atoms with Gasteiger partial charge in [-0.1, -0.05) is 236 Å². The van der Waals surface area contributed by atoms with Gasteiger partial charge in [0.2, 0.25) is 0 Å². The van der Waals surface area contributed by atoms with Crippen LogP contribution in [0.3, 0.4) is 0 Å². The van der Waals surface area contributed by atoms with Gasteiger partial charge in [-0.3, -0.25) is 14.4 Å². The normalized spacial score (nSPS) is 12.4. The molecule has 0 saturated carbocycles. The summed E-state index contributed by atoms with van der Waals surface area (Å²) in [6.45, 7) is 6.61. The van der Waals surface area contributed by atoms with Crippen LogP contribution in [0.5, 0.6) is 0 Å². The molecule has 6 heteroatoms. The summed E-state index contributed by atoms with van der Waals surface area (Å²) in [5.41, 5.74) is 0. The third kappa shape index (κ3) is 52.2. The largest absolute Gasteiger partial charge is 0.462 e. The monoisotopic (exact) mass is 911 g/mol. The van der Waals surface area contributed by atoms with Gasteiger partial charge in [0, 0.05) is 19.3 Å². The van der Waals surface area contributed by atoms with E-state index in [0.717, 1.165) is 89.9 Å². The molecule has 0 fully saturated rings. The number of hydrogen-bond acceptors (Lipinski definition) is 6. The molecule has 0 aromatic heterocycles. The zero-order chi connectivity index (χ0) is 47.2. The molecular formula is C59H106O6. The van der Waals surface area contributed by atoms with E-state index in [-0.39, 0.29) is 31.1 Å². The van der Waals surface area contributed by atoms with E-state index in [1.807, 2.05) is 0 Å². The topological polar surface area (TPSA) is 78.9 Å². The minimum Gasteiger partial charge on any atom is -0.462 e. The Morgan fingerprint density at radius 1 is 0.308 bits per heavy atom. The van der Waals surface area contributed by atoms with Gasteiger partial charge in [0.1, 0.15) is 13.2 Å². The van der Waals surface area contributed by atoms with Crippen molar-refractivity contribution in [3.63, 3.8) is 0 Å². The predicted molar refractivity (Wildman–Crippen MR) is 279 cm³/mol. The number of hydrogen-bond donors (Lipinski definition) is 0. The van der Waals surface area contributed by atoms with E-state index in [0.29, 0.717) is 19.3 Å². The van der Waals surface area contributed by atoms with Crippen LogP contribution in [0.1, 0.15) is 290 Å². The Morgan fingerprint density at radius 3 is 0.908 bits per heavy atom. The van der Waals surface area contributed by atoms with Crippen LogP contribution in [-0.2, 0) is 28.6 Å². The van der Waals surface area contributed by atoms with Crippen molar-refractivity contribution in [3.8, 4) is 0 Å². The highest BCUT2D eigenvalue weighted by molar-refractivity contribution is 5.71. The fraction of sp³-hybridized carbons (Fsp3) is 0.814. The maximum Gasteiger partial charge on any atom is 0.306 e. The number of ether oxygens (including phenoxy) is 3. The summed E-state index contributed by atoms with van der Waals surface area (Å²) in [7, 11) is 0. The Bertz CT molecular complexity index is 1140. The first-order valence-corrected chi connectivity index (χ1v) is 28.1. The highest BCUT2D eigenvalue weighted by Crippen LogP contribution is 2.15. The van der Waals surface area contributed by atoms with Gasteiger partial charge < -0.3 is 14.2 Å². The molecule has 1 atom stereocenters. The first-order valence-electron chi connectivity index (χ1n) is 28.1. The number of unbranched alkanes of at least 4 members (excludes halogenated alkanes) is 32. The van der Waals surface area contributed by atoms with E-state index in [2.05, 4.69) is 69.4 Å². The third-order valence-corrected chi connectivity index (χ3v) is 12.3. The van der Waals surface area contributed by atoms with Crippen LogP contribution in [0.15, 0.2) is 48.6 Å². The van der Waals surface area contributed by atoms with Gasteiger partial charge in [-0.05, 0) is 83.5 Å². The molecule has 0 rings (SSSR count). The van der Waals surface area contributed by atoms with Crippen molar-refractivity contribution in [2.24, 2.45) is 0 Å². The van der Waals surface area contributed by atoms with E-state index in [9.17, 15) is 14.4 Å². The van der Waals surface area contributed by atoms with Gasteiger partial charge in [0.05, 0.1) is 0 Å². The highest BCUT2D eigenvalue weighted by atomic mass is 16.6. The van der Waals surface area contributed by atoms with Gasteiger partial charge in [-0.25, -0.2) is 0 Å². The molecular weight excluding hydrogens is 805 g/mol. The minimum atomic E-state index is -0.777. The molecule has 0 aliphatic carbocycles. The lowest BCUT2D eigenvalue weighted by atomic mass is 10.0. The van der Waals surface area contributed by atoms with Crippen LogP contribution >= 0.6 is 0 Å². The van der Waals surface area contributed by atoms with Gasteiger partial charge in [-0.2, -0.15) is 0 Å². The molecule has 0 aliphatic rings. The van der Waals surface area contributed by atoms with Crippen LogP contribution < -0.4 is 0 Å². The van der Waals surface area contributed by atoms with E-state index < -0.39 is 6.10 Å². The van der Waals surface area contributed by atoms with Gasteiger partial charge >= 0.3 is 17.9 Å². The van der Waals surface area contributed by atoms with E-state index in [1.165, 1.54) is 161 Å². The fourth-order valence-electron chi connectivity index (χ4n) is 8.03. The van der Waals surface area contributed by atoms with Crippen molar-refractivity contribution in [1.82, 2.24) is 0 Å². The molecule has 0 amide bonds. The van der Waals surface area contributed by atoms with Gasteiger partial charge in [0.15, 0.2) is 6.10 Å². The van der Waals surface area contributed by atoms with E-state index in [4.69, 9.17) is 14.2 Å². The van der Waals surface area contributed by atoms with Gasteiger partial charge in [0.25, 0.3) is 0 Å². The van der Waals surface area contributed by atoms with Crippen LogP contribution in [0.25, 0.3) is 0 Å². The van der Waals surface area contributed by atoms with E-state index in [1.54, 1.807) is 0 Å². The Balaban J connectivity index is 4.28. The highest BCUT2D eigenvalue weighted by Gasteiger charge is 2.19. The molecule has 0 saturated heterocycles. The van der Waals surface area contributed by atoms with Crippen molar-refractivity contribution < 1.29 is 28.6 Å². The predicted octanol–water partition coefficient (Wildman–Crippen LogP) is 18.7. The molecule has 6 nitrogen and oxygen atoms in total. The Labute approximate surface area is 403 Å². The van der Waals surface area contributed by atoms with Crippen molar-refractivity contribution in [2.75, 3.05) is 13.2 Å². The van der Waals surface area contributed by atoms with Crippen LogP contribution in [0, 0.1) is 0 Å². The molecule has 0 radical (unpaired) electrons.